The van der Waals surface area contributed by atoms with Crippen molar-refractivity contribution in [2.45, 2.75) is 12.2 Å². The van der Waals surface area contributed by atoms with E-state index in [1.807, 2.05) is 30.0 Å². The maximum atomic E-state index is 8.67. The van der Waals surface area contributed by atoms with Crippen LogP contribution in [0.5, 0.6) is 0 Å². The number of methoxy groups -OCH3 is 1. The largest absolute Gasteiger partial charge is 0.385 e. The molecule has 0 N–H and O–H groups in total. The molecule has 0 saturated heterocycles. The van der Waals surface area contributed by atoms with Crippen molar-refractivity contribution in [3.05, 3.63) is 29.6 Å². The molecule has 0 aliphatic rings. The van der Waals surface area contributed by atoms with Crippen LogP contribution in [0, 0.1) is 11.3 Å². The van der Waals surface area contributed by atoms with Crippen LogP contribution < -0.4 is 0 Å². The third-order valence-corrected chi connectivity index (χ3v) is 2.96. The molecule has 1 rings (SSSR count). The fraction of sp³-hybridized carbons (Fsp3) is 0.455. The standard InChI is InChI=1S/C11H14N2OS/c1-14-5-2-6-15-9-10-3-4-13-11(7-10)8-12/h3-4,7H,2,5-6,9H2,1H3. The molecule has 1 heterocycles. The number of hydrogen-bond acceptors (Lipinski definition) is 4. The molecule has 0 saturated carbocycles. The van der Waals surface area contributed by atoms with E-state index in [4.69, 9.17) is 10.00 Å². The molecule has 15 heavy (non-hydrogen) atoms. The van der Waals surface area contributed by atoms with Crippen molar-refractivity contribution in [3.63, 3.8) is 0 Å². The van der Waals surface area contributed by atoms with E-state index in [9.17, 15) is 0 Å². The SMILES string of the molecule is COCCCSCc1ccnc(C#N)c1. The van der Waals surface area contributed by atoms with Gasteiger partial charge in [0.25, 0.3) is 0 Å². The molecule has 1 aromatic rings. The fourth-order valence-electron chi connectivity index (χ4n) is 1.12. The molecule has 0 aromatic carbocycles. The summed E-state index contributed by atoms with van der Waals surface area (Å²) in [6.07, 6.45) is 2.75. The van der Waals surface area contributed by atoms with Crippen LogP contribution in [-0.2, 0) is 10.5 Å². The predicted octanol–water partition coefficient (Wildman–Crippen LogP) is 2.22. The van der Waals surface area contributed by atoms with Crippen molar-refractivity contribution < 1.29 is 4.74 Å². The average Bonchev–Trinajstić information content (AvgIpc) is 2.29. The molecule has 0 aliphatic heterocycles. The van der Waals surface area contributed by atoms with Crippen LogP contribution in [0.2, 0.25) is 0 Å². The van der Waals surface area contributed by atoms with E-state index in [-0.39, 0.29) is 0 Å². The van der Waals surface area contributed by atoms with Crippen molar-refractivity contribution in [1.82, 2.24) is 4.98 Å². The van der Waals surface area contributed by atoms with Crippen LogP contribution in [-0.4, -0.2) is 24.5 Å². The molecule has 0 amide bonds. The van der Waals surface area contributed by atoms with Gasteiger partial charge < -0.3 is 4.74 Å². The van der Waals surface area contributed by atoms with Gasteiger partial charge >= 0.3 is 0 Å². The summed E-state index contributed by atoms with van der Waals surface area (Å²) in [6.45, 7) is 0.812. The minimum Gasteiger partial charge on any atom is -0.385 e. The van der Waals surface area contributed by atoms with E-state index in [2.05, 4.69) is 4.98 Å². The van der Waals surface area contributed by atoms with Gasteiger partial charge in [-0.3, -0.25) is 0 Å². The van der Waals surface area contributed by atoms with E-state index < -0.39 is 0 Å². The number of nitrogens with zero attached hydrogens (tertiary/aromatic N) is 2. The van der Waals surface area contributed by atoms with Gasteiger partial charge in [-0.15, -0.1) is 0 Å². The molecule has 0 radical (unpaired) electrons. The lowest BCUT2D eigenvalue weighted by Gasteiger charge is -2.01. The highest BCUT2D eigenvalue weighted by Gasteiger charge is 1.96. The first-order valence-electron chi connectivity index (χ1n) is 4.78. The Labute approximate surface area is 94.5 Å². The smallest absolute Gasteiger partial charge is 0.140 e. The summed E-state index contributed by atoms with van der Waals surface area (Å²) < 4.78 is 4.96. The molecule has 3 nitrogen and oxygen atoms in total. The van der Waals surface area contributed by atoms with Crippen molar-refractivity contribution in [2.75, 3.05) is 19.5 Å². The van der Waals surface area contributed by atoms with Gasteiger partial charge in [0.1, 0.15) is 11.8 Å². The fourth-order valence-corrected chi connectivity index (χ4v) is 2.00. The van der Waals surface area contributed by atoms with Crippen molar-refractivity contribution in [2.24, 2.45) is 0 Å². The maximum Gasteiger partial charge on any atom is 0.140 e. The monoisotopic (exact) mass is 222 g/mol. The average molecular weight is 222 g/mol. The molecule has 0 atom stereocenters. The van der Waals surface area contributed by atoms with E-state index in [0.717, 1.165) is 30.1 Å². The Morgan fingerprint density at radius 2 is 2.47 bits per heavy atom. The normalized spacial score (nSPS) is 9.87. The van der Waals surface area contributed by atoms with E-state index in [1.54, 1.807) is 13.3 Å². The van der Waals surface area contributed by atoms with Crippen LogP contribution in [0.25, 0.3) is 0 Å². The van der Waals surface area contributed by atoms with Gasteiger partial charge in [0, 0.05) is 25.7 Å². The topological polar surface area (TPSA) is 45.9 Å². The second-order valence-electron chi connectivity index (χ2n) is 3.06. The van der Waals surface area contributed by atoms with Crippen LogP contribution >= 0.6 is 11.8 Å². The molecule has 0 fully saturated rings. The van der Waals surface area contributed by atoms with Crippen molar-refractivity contribution in [1.29, 1.82) is 5.26 Å². The zero-order valence-corrected chi connectivity index (χ0v) is 9.59. The van der Waals surface area contributed by atoms with Crippen LogP contribution in [0.1, 0.15) is 17.7 Å². The second kappa shape index (κ2) is 7.27. The summed E-state index contributed by atoms with van der Waals surface area (Å²) in [7, 11) is 1.72. The van der Waals surface area contributed by atoms with Gasteiger partial charge in [0.15, 0.2) is 0 Å². The number of rotatable bonds is 6. The Balaban J connectivity index is 2.28. The molecule has 0 bridgehead atoms. The summed E-state index contributed by atoms with van der Waals surface area (Å²) in [5.74, 6) is 2.01. The van der Waals surface area contributed by atoms with E-state index in [1.165, 1.54) is 0 Å². The lowest BCUT2D eigenvalue weighted by atomic mass is 10.2. The maximum absolute atomic E-state index is 8.67. The van der Waals surface area contributed by atoms with Gasteiger partial charge in [-0.05, 0) is 29.9 Å². The zero-order valence-electron chi connectivity index (χ0n) is 8.77. The lowest BCUT2D eigenvalue weighted by Crippen LogP contribution is -1.92. The van der Waals surface area contributed by atoms with Crippen LogP contribution in [0.15, 0.2) is 18.3 Å². The van der Waals surface area contributed by atoms with Gasteiger partial charge in [0.05, 0.1) is 0 Å². The van der Waals surface area contributed by atoms with Gasteiger partial charge in [-0.2, -0.15) is 17.0 Å². The summed E-state index contributed by atoms with van der Waals surface area (Å²) >= 11 is 1.85. The number of hydrogen-bond donors (Lipinski definition) is 0. The third kappa shape index (κ3) is 4.82. The Morgan fingerprint density at radius 1 is 1.60 bits per heavy atom. The Hall–Kier alpha value is -1.05. The molecule has 4 heteroatoms. The number of aromatic nitrogens is 1. The van der Waals surface area contributed by atoms with E-state index >= 15 is 0 Å². The minimum absolute atomic E-state index is 0.491. The number of thioether (sulfide) groups is 1. The highest BCUT2D eigenvalue weighted by Crippen LogP contribution is 2.13. The number of ether oxygens (including phenoxy) is 1. The quantitative estimate of drug-likeness (QED) is 0.692. The zero-order chi connectivity index (χ0) is 10.9. The van der Waals surface area contributed by atoms with Crippen LogP contribution in [0.4, 0.5) is 0 Å². The van der Waals surface area contributed by atoms with Crippen molar-refractivity contribution >= 4 is 11.8 Å². The van der Waals surface area contributed by atoms with Gasteiger partial charge in [0.2, 0.25) is 0 Å². The highest BCUT2D eigenvalue weighted by molar-refractivity contribution is 7.98. The first kappa shape index (κ1) is 12.0. The molecule has 1 aromatic heterocycles. The summed E-state index contributed by atoms with van der Waals surface area (Å²) in [5.41, 5.74) is 1.65. The number of pyridine rings is 1. The lowest BCUT2D eigenvalue weighted by molar-refractivity contribution is 0.200. The third-order valence-electron chi connectivity index (χ3n) is 1.84. The minimum atomic E-state index is 0.491. The first-order valence-corrected chi connectivity index (χ1v) is 5.94. The van der Waals surface area contributed by atoms with Gasteiger partial charge in [-0.25, -0.2) is 4.98 Å². The molecule has 80 valence electrons. The molecule has 0 aliphatic carbocycles. The Kier molecular flexibility index (Phi) is 5.83. The number of nitriles is 1. The second-order valence-corrected chi connectivity index (χ2v) is 4.17. The van der Waals surface area contributed by atoms with Crippen LogP contribution in [0.3, 0.4) is 0 Å². The summed E-state index contributed by atoms with van der Waals surface area (Å²) in [4.78, 5) is 3.93. The summed E-state index contributed by atoms with van der Waals surface area (Å²) in [6, 6.07) is 5.82. The molecular formula is C11H14N2OS. The predicted molar refractivity (Wildman–Crippen MR) is 61.6 cm³/mol. The molecular weight excluding hydrogens is 208 g/mol. The van der Waals surface area contributed by atoms with E-state index in [0.29, 0.717) is 5.69 Å². The molecule has 0 unspecified atom stereocenters. The first-order chi connectivity index (χ1) is 7.36. The van der Waals surface area contributed by atoms with Gasteiger partial charge in [-0.1, -0.05) is 0 Å². The Bertz CT molecular complexity index is 336. The Morgan fingerprint density at radius 3 is 3.20 bits per heavy atom. The summed E-state index contributed by atoms with van der Waals surface area (Å²) in [5, 5.41) is 8.67. The van der Waals surface area contributed by atoms with Crippen molar-refractivity contribution in [3.8, 4) is 6.07 Å². The highest BCUT2D eigenvalue weighted by atomic mass is 32.2. The molecule has 0 spiro atoms.